The van der Waals surface area contributed by atoms with E-state index in [1.54, 1.807) is 224 Å². The maximum absolute atomic E-state index is 15.3. The molecule has 0 amide bonds. The summed E-state index contributed by atoms with van der Waals surface area (Å²) in [5.41, 5.74) is -6.86. The number of methoxy groups -OCH3 is 4. The van der Waals surface area contributed by atoms with Gasteiger partial charge in [0.15, 0.2) is 0 Å². The summed E-state index contributed by atoms with van der Waals surface area (Å²) in [5, 5.41) is 1.99. The molecule has 0 aliphatic carbocycles. The zero-order valence-electron chi connectivity index (χ0n) is 49.2. The Bertz CT molecular complexity index is 3140. The fraction of sp³-hybridized carbons (Fsp3) is 0.242. The zero-order chi connectivity index (χ0) is 63.0. The Hall–Kier alpha value is -7.88. The minimum absolute atomic E-state index is 0.0392. The van der Waals surface area contributed by atoms with Gasteiger partial charge in [-0.25, -0.2) is 0 Å². The first-order valence-electron chi connectivity index (χ1n) is 27.1. The fourth-order valence-corrected chi connectivity index (χ4v) is 23.0. The first kappa shape index (κ1) is 65.7. The van der Waals surface area contributed by atoms with Gasteiger partial charge < -0.3 is 0 Å². The van der Waals surface area contributed by atoms with Gasteiger partial charge in [0.2, 0.25) is 0 Å². The number of ether oxygens (including phenoxy) is 4. The monoisotopic (exact) mass is 1220 g/mol. The summed E-state index contributed by atoms with van der Waals surface area (Å²) in [6.45, 7) is -0.802. The van der Waals surface area contributed by atoms with Gasteiger partial charge in [0.1, 0.15) is 0 Å². The van der Waals surface area contributed by atoms with Crippen LogP contribution in [0.3, 0.4) is 0 Å². The molecule has 7 aromatic carbocycles. The van der Waals surface area contributed by atoms with Gasteiger partial charge in [0.05, 0.1) is 0 Å². The summed E-state index contributed by atoms with van der Waals surface area (Å²) >= 11 is 0. The van der Waals surface area contributed by atoms with Crippen molar-refractivity contribution < 1.29 is 78.0 Å². The van der Waals surface area contributed by atoms with E-state index in [0.29, 0.717) is 44.0 Å². The first-order valence-corrected chi connectivity index (χ1v) is 31.7. The van der Waals surface area contributed by atoms with Crippen LogP contribution in [0.5, 0.6) is 5.75 Å². The molecule has 0 aromatic heterocycles. The topological polar surface area (TPSA) is 133 Å². The molecule has 0 saturated heterocycles. The number of rotatable bonds is 20. The van der Waals surface area contributed by atoms with E-state index < -0.39 is 108 Å². The van der Waals surface area contributed by atoms with Gasteiger partial charge in [-0.05, 0) is 0 Å². The van der Waals surface area contributed by atoms with Crippen LogP contribution in [0.1, 0.15) is 52.7 Å². The molecule has 11 nitrogen and oxygen atoms in total. The molecule has 452 valence electrons. The molecule has 0 spiro atoms. The third kappa shape index (κ3) is 12.7. The summed E-state index contributed by atoms with van der Waals surface area (Å²) in [7, 11) is 1.78. The zero-order valence-corrected chi connectivity index (χ0v) is 51.0. The van der Waals surface area contributed by atoms with E-state index in [0.717, 1.165) is 28.4 Å². The number of halogens is 6. The Morgan fingerprint density at radius 3 is 0.779 bits per heavy atom. The van der Waals surface area contributed by atoms with Gasteiger partial charge in [-0.3, -0.25) is 0 Å². The van der Waals surface area contributed by atoms with Crippen LogP contribution in [-0.2, 0) is 59.4 Å². The Balaban J connectivity index is 1.87. The van der Waals surface area contributed by atoms with E-state index in [-0.39, 0.29) is 17.2 Å². The van der Waals surface area contributed by atoms with Crippen LogP contribution in [0.15, 0.2) is 222 Å². The Labute approximate surface area is 497 Å². The van der Waals surface area contributed by atoms with Crippen molar-refractivity contribution in [1.82, 2.24) is 0 Å². The number of carbonyl (C=O) groups excluding carboxylic acids is 4. The van der Waals surface area contributed by atoms with E-state index in [9.17, 15) is 19.2 Å². The molecule has 0 unspecified atom stereocenters. The summed E-state index contributed by atoms with van der Waals surface area (Å²) < 4.78 is 137. The van der Waals surface area contributed by atoms with Crippen LogP contribution < -0.4 is 36.5 Å². The SMILES string of the molecule is COC(=O)C(C(=O)OC)=C(CP(OB(Oc1cc(C(F)(F)F)cc(C(F)(F)F)c1)OP(CC(=C(C(=O)OC)C(=O)OC)C(C)(C)C)(c1ccccc1)(c1ccccc1)c1ccccc1)(c1ccccc1)(c1ccccc1)c1ccccc1)C(C)(C)C. The van der Waals surface area contributed by atoms with Gasteiger partial charge in [-0.2, -0.15) is 0 Å². The second kappa shape index (κ2) is 25.6. The average Bonchev–Trinajstić information content (AvgIpc) is 0.690. The van der Waals surface area contributed by atoms with E-state index >= 15 is 26.3 Å². The second-order valence-corrected chi connectivity index (χ2v) is 31.3. The average molecular weight is 1220 g/mol. The summed E-state index contributed by atoms with van der Waals surface area (Å²) in [6, 6.07) is 52.2. The van der Waals surface area contributed by atoms with Gasteiger partial charge in [0, 0.05) is 0 Å². The van der Waals surface area contributed by atoms with Crippen LogP contribution in [0.25, 0.3) is 0 Å². The summed E-state index contributed by atoms with van der Waals surface area (Å²) in [6.07, 6.45) is -11.8. The number of alkyl halides is 6. The normalized spacial score (nSPS) is 13.1. The van der Waals surface area contributed by atoms with Crippen molar-refractivity contribution in [3.8, 4) is 5.75 Å². The molecule has 0 aliphatic heterocycles. The third-order valence-electron chi connectivity index (χ3n) is 15.1. The second-order valence-electron chi connectivity index (χ2n) is 22.3. The number of hydrogen-bond donors (Lipinski definition) is 0. The van der Waals surface area contributed by atoms with Crippen molar-refractivity contribution in [3.63, 3.8) is 0 Å². The summed E-state index contributed by atoms with van der Waals surface area (Å²) in [5.74, 6) is -5.43. The standard InChI is InChI=1S/C66H67BF6O11P2/c1-63(2,3)55(57(59(74)78-7)60(75)79-8)44-85(49-29-17-11-18-30-49,50-31-19-12-20-32-50,51-33-21-13-22-34-51)83-67(82-48-42-46(65(68,69)70)41-47(43-48)66(71,72)73)84-86(52-35-23-14-24-36-52,53-37-25-15-26-38-53,54-39-27-16-28-40-54)45-56(64(4,5)6)58(61(76)80-9)62(77)81-10/h11-43H,44-45H2,1-10H3. The molecular formula is C66H67BF6O11P2. The predicted octanol–water partition coefficient (Wildman–Crippen LogP) is 12.4. The molecule has 86 heavy (non-hydrogen) atoms. The van der Waals surface area contributed by atoms with Gasteiger partial charge in [-0.1, -0.05) is 0 Å². The molecular weight excluding hydrogens is 1160 g/mol. The maximum atomic E-state index is 15.3. The van der Waals surface area contributed by atoms with Crippen molar-refractivity contribution in [2.24, 2.45) is 10.8 Å². The number of carbonyl (C=O) groups is 4. The van der Waals surface area contributed by atoms with Crippen molar-refractivity contribution in [2.75, 3.05) is 40.8 Å². The van der Waals surface area contributed by atoms with E-state index in [1.807, 2.05) is 0 Å². The fourth-order valence-electron chi connectivity index (χ4n) is 10.9. The van der Waals surface area contributed by atoms with Crippen LogP contribution in [0, 0.1) is 10.8 Å². The number of allylic oxidation sites excluding steroid dienone is 2. The van der Waals surface area contributed by atoms with E-state index in [1.165, 1.54) is 0 Å². The minimum atomic E-state index is -5.61. The Kier molecular flexibility index (Phi) is 19.5. The van der Waals surface area contributed by atoms with E-state index in [4.69, 9.17) is 32.5 Å². The molecule has 0 saturated carbocycles. The number of benzene rings is 7. The summed E-state index contributed by atoms with van der Waals surface area (Å²) in [4.78, 5) is 57.9. The molecule has 0 bridgehead atoms. The molecule has 0 N–H and O–H groups in total. The Morgan fingerprint density at radius 2 is 0.593 bits per heavy atom. The van der Waals surface area contributed by atoms with Crippen molar-refractivity contribution in [1.29, 1.82) is 0 Å². The quantitative estimate of drug-likeness (QED) is 0.0106. The van der Waals surface area contributed by atoms with Crippen molar-refractivity contribution >= 4 is 76.7 Å². The molecule has 0 heterocycles. The van der Waals surface area contributed by atoms with Gasteiger partial charge in [0.25, 0.3) is 0 Å². The number of hydrogen-bond acceptors (Lipinski definition) is 11. The van der Waals surface area contributed by atoms with Crippen LogP contribution >= 0.6 is 13.7 Å². The van der Waals surface area contributed by atoms with Crippen LogP contribution in [0.2, 0.25) is 0 Å². The molecule has 0 fully saturated rings. The third-order valence-corrected chi connectivity index (χ3v) is 26.6. The van der Waals surface area contributed by atoms with Crippen molar-refractivity contribution in [3.05, 3.63) is 234 Å². The predicted molar refractivity (Wildman–Crippen MR) is 326 cm³/mol. The molecule has 0 radical (unpaired) electrons. The van der Waals surface area contributed by atoms with Crippen molar-refractivity contribution in [2.45, 2.75) is 53.9 Å². The molecule has 20 heteroatoms. The van der Waals surface area contributed by atoms with Crippen LogP contribution in [-0.4, -0.2) is 72.0 Å². The Morgan fingerprint density at radius 1 is 0.372 bits per heavy atom. The number of esters is 4. The van der Waals surface area contributed by atoms with E-state index in [2.05, 4.69) is 0 Å². The molecule has 7 aromatic rings. The first-order chi connectivity index (χ1) is 40.5. The molecule has 7 rings (SSSR count). The van der Waals surface area contributed by atoms with Crippen LogP contribution in [0.4, 0.5) is 26.3 Å². The molecule has 0 aliphatic rings. The van der Waals surface area contributed by atoms with Gasteiger partial charge in [-0.15, -0.1) is 0 Å². The van der Waals surface area contributed by atoms with Gasteiger partial charge >= 0.3 is 500 Å². The molecule has 0 atom stereocenters.